The lowest BCUT2D eigenvalue weighted by Gasteiger charge is -2.05. The first-order chi connectivity index (χ1) is 8.00. The minimum atomic E-state index is -0.0370. The molecule has 0 aliphatic heterocycles. The second-order valence-electron chi connectivity index (χ2n) is 5.00. The highest BCUT2D eigenvalue weighted by molar-refractivity contribution is 5.57. The normalized spacial score (nSPS) is 11.5. The van der Waals surface area contributed by atoms with Gasteiger partial charge in [0.05, 0.1) is 13.2 Å². The molecule has 0 N–H and O–H groups in total. The third-order valence-corrected chi connectivity index (χ3v) is 2.59. The second kappa shape index (κ2) is 4.24. The van der Waals surface area contributed by atoms with Crippen LogP contribution in [-0.2, 0) is 5.54 Å². The Kier molecular flexibility index (Phi) is 2.92. The van der Waals surface area contributed by atoms with Gasteiger partial charge in [0.1, 0.15) is 5.75 Å². The Balaban J connectivity index is 2.30. The lowest BCUT2D eigenvalue weighted by molar-refractivity contribution is -0.905. The van der Waals surface area contributed by atoms with E-state index in [-0.39, 0.29) is 5.54 Å². The van der Waals surface area contributed by atoms with Gasteiger partial charge in [-0.05, 0) is 29.0 Å². The molecule has 2 aromatic rings. The van der Waals surface area contributed by atoms with E-state index in [0.29, 0.717) is 0 Å². The van der Waals surface area contributed by atoms with Crippen molar-refractivity contribution < 1.29 is 14.0 Å². The summed E-state index contributed by atoms with van der Waals surface area (Å²) in [6.45, 7) is 6.32. The van der Waals surface area contributed by atoms with Crippen molar-refractivity contribution in [3.8, 4) is 17.1 Å². The van der Waals surface area contributed by atoms with Crippen molar-refractivity contribution in [1.82, 2.24) is 0 Å². The van der Waals surface area contributed by atoms with Crippen LogP contribution >= 0.6 is 0 Å². The molecule has 0 saturated heterocycles. The molecular weight excluding hydrogens is 214 g/mol. The SMILES string of the molecule is COc1ccc(-c2cc[n+](C(C)(C)C)o2)cc1. The highest BCUT2D eigenvalue weighted by atomic mass is 16.5. The van der Waals surface area contributed by atoms with Crippen molar-refractivity contribution in [2.24, 2.45) is 0 Å². The third kappa shape index (κ3) is 2.49. The predicted octanol–water partition coefficient (Wildman–Crippen LogP) is 3.00. The van der Waals surface area contributed by atoms with Crippen molar-refractivity contribution in [2.75, 3.05) is 7.11 Å². The Morgan fingerprint density at radius 1 is 1.06 bits per heavy atom. The maximum atomic E-state index is 5.78. The Bertz CT molecular complexity index is 492. The summed E-state index contributed by atoms with van der Waals surface area (Å²) in [6.07, 6.45) is 1.96. The van der Waals surface area contributed by atoms with E-state index in [1.54, 1.807) is 7.11 Å². The fourth-order valence-electron chi connectivity index (χ4n) is 1.57. The van der Waals surface area contributed by atoms with Crippen LogP contribution in [0.25, 0.3) is 11.3 Å². The average molecular weight is 232 g/mol. The van der Waals surface area contributed by atoms with Crippen LogP contribution in [0.5, 0.6) is 5.75 Å². The van der Waals surface area contributed by atoms with Crippen LogP contribution in [-0.4, -0.2) is 7.11 Å². The van der Waals surface area contributed by atoms with E-state index in [9.17, 15) is 0 Å². The Morgan fingerprint density at radius 3 is 2.18 bits per heavy atom. The smallest absolute Gasteiger partial charge is 0.221 e. The molecule has 0 atom stereocenters. The monoisotopic (exact) mass is 232 g/mol. The second-order valence-corrected chi connectivity index (χ2v) is 5.00. The first-order valence-corrected chi connectivity index (χ1v) is 5.67. The van der Waals surface area contributed by atoms with E-state index in [4.69, 9.17) is 9.26 Å². The zero-order chi connectivity index (χ0) is 12.5. The fraction of sp³-hybridized carbons (Fsp3) is 0.357. The van der Waals surface area contributed by atoms with Gasteiger partial charge in [0.2, 0.25) is 17.5 Å². The first kappa shape index (κ1) is 11.7. The molecule has 3 nitrogen and oxygen atoms in total. The maximum absolute atomic E-state index is 5.78. The topological polar surface area (TPSA) is 26.2 Å². The molecule has 1 heterocycles. The van der Waals surface area contributed by atoms with Crippen LogP contribution in [0, 0.1) is 0 Å². The largest absolute Gasteiger partial charge is 0.497 e. The summed E-state index contributed by atoms with van der Waals surface area (Å²) >= 11 is 0. The maximum Gasteiger partial charge on any atom is 0.221 e. The molecule has 0 spiro atoms. The highest BCUT2D eigenvalue weighted by Gasteiger charge is 2.26. The summed E-state index contributed by atoms with van der Waals surface area (Å²) in [7, 11) is 1.66. The van der Waals surface area contributed by atoms with E-state index in [0.717, 1.165) is 17.1 Å². The van der Waals surface area contributed by atoms with Crippen molar-refractivity contribution in [1.29, 1.82) is 0 Å². The van der Waals surface area contributed by atoms with Gasteiger partial charge in [-0.25, -0.2) is 4.52 Å². The Hall–Kier alpha value is -1.77. The molecule has 0 bridgehead atoms. The fourth-order valence-corrected chi connectivity index (χ4v) is 1.57. The summed E-state index contributed by atoms with van der Waals surface area (Å²) < 4.78 is 12.8. The van der Waals surface area contributed by atoms with Gasteiger partial charge in [-0.1, -0.05) is 0 Å². The van der Waals surface area contributed by atoms with Gasteiger partial charge in [-0.3, -0.25) is 0 Å². The van der Waals surface area contributed by atoms with Crippen LogP contribution in [0.15, 0.2) is 41.1 Å². The van der Waals surface area contributed by atoms with E-state index in [1.165, 1.54) is 0 Å². The van der Waals surface area contributed by atoms with Crippen LogP contribution < -0.4 is 9.48 Å². The van der Waals surface area contributed by atoms with Gasteiger partial charge in [0.25, 0.3) is 0 Å². The van der Waals surface area contributed by atoms with Crippen molar-refractivity contribution in [3.05, 3.63) is 36.5 Å². The van der Waals surface area contributed by atoms with E-state index >= 15 is 0 Å². The third-order valence-electron chi connectivity index (χ3n) is 2.59. The van der Waals surface area contributed by atoms with Crippen molar-refractivity contribution >= 4 is 0 Å². The minimum Gasteiger partial charge on any atom is -0.497 e. The van der Waals surface area contributed by atoms with E-state index in [2.05, 4.69) is 20.8 Å². The molecule has 0 radical (unpaired) electrons. The Morgan fingerprint density at radius 2 is 1.71 bits per heavy atom. The predicted molar refractivity (Wildman–Crippen MR) is 65.9 cm³/mol. The Labute approximate surface area is 102 Å². The molecule has 1 aromatic carbocycles. The van der Waals surface area contributed by atoms with Gasteiger partial charge in [-0.15, -0.1) is 0 Å². The lowest BCUT2D eigenvalue weighted by atomic mass is 10.1. The zero-order valence-corrected chi connectivity index (χ0v) is 10.7. The van der Waals surface area contributed by atoms with Gasteiger partial charge >= 0.3 is 0 Å². The van der Waals surface area contributed by atoms with Gasteiger partial charge < -0.3 is 4.74 Å². The number of nitrogens with zero attached hydrogens (tertiary/aromatic N) is 1. The molecule has 0 fully saturated rings. The minimum absolute atomic E-state index is 0.0370. The molecule has 3 heteroatoms. The van der Waals surface area contributed by atoms with Gasteiger partial charge in [-0.2, -0.15) is 0 Å². The van der Waals surface area contributed by atoms with Crippen LogP contribution in [0.3, 0.4) is 0 Å². The lowest BCUT2D eigenvalue weighted by Crippen LogP contribution is -2.48. The quantitative estimate of drug-likeness (QED) is 0.744. The molecule has 0 saturated carbocycles. The summed E-state index contributed by atoms with van der Waals surface area (Å²) in [4.78, 5) is 0. The van der Waals surface area contributed by atoms with Gasteiger partial charge in [0, 0.05) is 26.3 Å². The van der Waals surface area contributed by atoms with Gasteiger partial charge in [0.15, 0.2) is 0 Å². The molecule has 90 valence electrons. The van der Waals surface area contributed by atoms with E-state index in [1.807, 2.05) is 41.3 Å². The number of hydrogen-bond acceptors (Lipinski definition) is 2. The molecule has 0 unspecified atom stereocenters. The molecule has 0 aliphatic rings. The summed E-state index contributed by atoms with van der Waals surface area (Å²) in [5.74, 6) is 1.71. The van der Waals surface area contributed by atoms with E-state index < -0.39 is 0 Å². The highest BCUT2D eigenvalue weighted by Crippen LogP contribution is 2.22. The molecular formula is C14H18NO2+. The summed E-state index contributed by atoms with van der Waals surface area (Å²) in [5.41, 5.74) is 1.01. The van der Waals surface area contributed by atoms with Crippen LogP contribution in [0.2, 0.25) is 0 Å². The van der Waals surface area contributed by atoms with Crippen molar-refractivity contribution in [3.63, 3.8) is 0 Å². The van der Waals surface area contributed by atoms with Crippen LogP contribution in [0.4, 0.5) is 0 Å². The number of ether oxygens (including phenoxy) is 1. The molecule has 1 aromatic heterocycles. The number of rotatable bonds is 2. The molecule has 0 amide bonds. The molecule has 2 rings (SSSR count). The number of hydrogen-bond donors (Lipinski definition) is 0. The standard InChI is InChI=1S/C14H18NO2/c1-14(2,3)15-10-9-13(17-15)11-5-7-12(16-4)8-6-11/h5-10H,1-4H3/q+1. The van der Waals surface area contributed by atoms with Crippen LogP contribution in [0.1, 0.15) is 20.8 Å². The molecule has 0 aliphatic carbocycles. The number of methoxy groups -OCH3 is 1. The summed E-state index contributed by atoms with van der Waals surface area (Å²) in [6, 6.07) is 9.82. The number of benzene rings is 1. The first-order valence-electron chi connectivity index (χ1n) is 5.67. The molecule has 17 heavy (non-hydrogen) atoms. The van der Waals surface area contributed by atoms with Crippen molar-refractivity contribution in [2.45, 2.75) is 26.3 Å². The average Bonchev–Trinajstić information content (AvgIpc) is 2.78. The zero-order valence-electron chi connectivity index (χ0n) is 10.7. The number of aromatic nitrogens is 1. The summed E-state index contributed by atoms with van der Waals surface area (Å²) in [5, 5.41) is 0.